The van der Waals surface area contributed by atoms with Crippen LogP contribution in [0.25, 0.3) is 0 Å². The molecule has 0 saturated carbocycles. The Labute approximate surface area is 68.3 Å². The molecule has 0 amide bonds. The van der Waals surface area contributed by atoms with Gasteiger partial charge in [-0.1, -0.05) is 0 Å². The van der Waals surface area contributed by atoms with Crippen LogP contribution in [0.4, 0.5) is 0 Å². The number of hydrogen-bond acceptors (Lipinski definition) is 4. The quantitative estimate of drug-likeness (QED) is 0.598. The molecule has 4 nitrogen and oxygen atoms in total. The molecule has 0 aromatic carbocycles. The fourth-order valence-electron chi connectivity index (χ4n) is 0.911. The van der Waals surface area contributed by atoms with E-state index in [1.165, 1.54) is 6.26 Å². The first kappa shape index (κ1) is 10.9. The number of sulfone groups is 1. The van der Waals surface area contributed by atoms with Gasteiger partial charge in [0, 0.05) is 18.8 Å². The van der Waals surface area contributed by atoms with Gasteiger partial charge in [0.15, 0.2) is 0 Å². The van der Waals surface area contributed by atoms with Crippen molar-refractivity contribution in [3.8, 4) is 0 Å². The predicted octanol–water partition coefficient (Wildman–Crippen LogP) is -1.08. The zero-order valence-corrected chi connectivity index (χ0v) is 8.06. The van der Waals surface area contributed by atoms with Crippen molar-refractivity contribution < 1.29 is 8.42 Å². The third kappa shape index (κ3) is 7.77. The van der Waals surface area contributed by atoms with E-state index >= 15 is 0 Å². The van der Waals surface area contributed by atoms with Crippen LogP contribution in [0.5, 0.6) is 0 Å². The summed E-state index contributed by atoms with van der Waals surface area (Å²) in [6.07, 6.45) is 1.20. The number of likely N-dealkylation sites (N-methyl/N-ethyl adjacent to an activating group) is 1. The summed E-state index contributed by atoms with van der Waals surface area (Å²) in [6, 6.07) is -0.278. The van der Waals surface area contributed by atoms with Crippen molar-refractivity contribution in [2.75, 3.05) is 32.6 Å². The molecule has 0 aliphatic heterocycles. The van der Waals surface area contributed by atoms with Crippen molar-refractivity contribution in [2.24, 2.45) is 5.73 Å². The van der Waals surface area contributed by atoms with Crippen LogP contribution >= 0.6 is 0 Å². The van der Waals surface area contributed by atoms with Gasteiger partial charge >= 0.3 is 0 Å². The SMILES string of the molecule is CN(C)C[C@@H](N)CS(C)(=O)=O. The molecule has 0 aromatic heterocycles. The molecule has 0 rings (SSSR count). The zero-order valence-electron chi connectivity index (χ0n) is 7.24. The Morgan fingerprint density at radius 3 is 2.18 bits per heavy atom. The lowest BCUT2D eigenvalue weighted by Crippen LogP contribution is -2.38. The van der Waals surface area contributed by atoms with Crippen LogP contribution in [0, 0.1) is 0 Å². The fourth-order valence-corrected chi connectivity index (χ4v) is 1.79. The summed E-state index contributed by atoms with van der Waals surface area (Å²) in [5, 5.41) is 0. The molecular weight excluding hydrogens is 164 g/mol. The van der Waals surface area contributed by atoms with Crippen molar-refractivity contribution in [1.29, 1.82) is 0 Å². The highest BCUT2D eigenvalue weighted by molar-refractivity contribution is 7.90. The van der Waals surface area contributed by atoms with Gasteiger partial charge in [-0.2, -0.15) is 0 Å². The molecule has 0 saturated heterocycles. The third-order valence-corrected chi connectivity index (χ3v) is 2.15. The van der Waals surface area contributed by atoms with Crippen molar-refractivity contribution in [2.45, 2.75) is 6.04 Å². The summed E-state index contributed by atoms with van der Waals surface area (Å²) in [5.74, 6) is 0.0607. The lowest BCUT2D eigenvalue weighted by molar-refractivity contribution is 0.383. The van der Waals surface area contributed by atoms with Gasteiger partial charge in [-0.05, 0) is 14.1 Å². The first-order valence-corrected chi connectivity index (χ1v) is 5.45. The van der Waals surface area contributed by atoms with Crippen molar-refractivity contribution in [1.82, 2.24) is 4.90 Å². The maximum absolute atomic E-state index is 10.7. The van der Waals surface area contributed by atoms with Gasteiger partial charge < -0.3 is 10.6 Å². The zero-order chi connectivity index (χ0) is 9.07. The van der Waals surface area contributed by atoms with E-state index < -0.39 is 9.84 Å². The van der Waals surface area contributed by atoms with Crippen LogP contribution in [0.2, 0.25) is 0 Å². The van der Waals surface area contributed by atoms with Crippen LogP contribution in [0.15, 0.2) is 0 Å². The second-order valence-electron chi connectivity index (χ2n) is 3.11. The first-order chi connectivity index (χ1) is 4.81. The maximum Gasteiger partial charge on any atom is 0.149 e. The van der Waals surface area contributed by atoms with Gasteiger partial charge in [0.2, 0.25) is 0 Å². The maximum atomic E-state index is 10.7. The Kier molecular flexibility index (Phi) is 3.99. The molecule has 0 unspecified atom stereocenters. The van der Waals surface area contributed by atoms with Crippen molar-refractivity contribution in [3.63, 3.8) is 0 Å². The van der Waals surface area contributed by atoms with Crippen LogP contribution in [0.3, 0.4) is 0 Å². The average molecular weight is 180 g/mol. The summed E-state index contributed by atoms with van der Waals surface area (Å²) in [5.41, 5.74) is 5.54. The number of nitrogens with two attached hydrogens (primary N) is 1. The van der Waals surface area contributed by atoms with E-state index in [0.29, 0.717) is 6.54 Å². The number of rotatable bonds is 4. The van der Waals surface area contributed by atoms with E-state index in [0.717, 1.165) is 0 Å². The highest BCUT2D eigenvalue weighted by Gasteiger charge is 2.10. The molecule has 0 aliphatic rings. The second kappa shape index (κ2) is 4.04. The highest BCUT2D eigenvalue weighted by Crippen LogP contribution is 1.89. The lowest BCUT2D eigenvalue weighted by Gasteiger charge is -2.15. The Hall–Kier alpha value is -0.130. The van der Waals surface area contributed by atoms with E-state index in [4.69, 9.17) is 5.73 Å². The normalized spacial score (nSPS) is 15.4. The number of nitrogens with zero attached hydrogens (tertiary/aromatic N) is 1. The first-order valence-electron chi connectivity index (χ1n) is 3.39. The molecule has 1 atom stereocenters. The Balaban J connectivity index is 3.80. The largest absolute Gasteiger partial charge is 0.326 e. The van der Waals surface area contributed by atoms with E-state index in [1.807, 2.05) is 19.0 Å². The van der Waals surface area contributed by atoms with E-state index in [1.54, 1.807) is 0 Å². The minimum Gasteiger partial charge on any atom is -0.326 e. The van der Waals surface area contributed by atoms with E-state index in [2.05, 4.69) is 0 Å². The molecule has 68 valence electrons. The molecular formula is C6H16N2O2S. The third-order valence-electron chi connectivity index (χ3n) is 1.12. The second-order valence-corrected chi connectivity index (χ2v) is 5.30. The molecule has 2 N–H and O–H groups in total. The van der Waals surface area contributed by atoms with E-state index in [-0.39, 0.29) is 11.8 Å². The Bertz CT molecular complexity index is 199. The Morgan fingerprint density at radius 1 is 1.45 bits per heavy atom. The topological polar surface area (TPSA) is 63.4 Å². The van der Waals surface area contributed by atoms with Crippen LogP contribution in [-0.4, -0.2) is 52.0 Å². The van der Waals surface area contributed by atoms with Gasteiger partial charge in [0.25, 0.3) is 0 Å². The molecule has 0 aliphatic carbocycles. The fraction of sp³-hybridized carbons (Fsp3) is 1.00. The molecule has 0 bridgehead atoms. The Morgan fingerprint density at radius 2 is 1.91 bits per heavy atom. The molecule has 0 heterocycles. The lowest BCUT2D eigenvalue weighted by atomic mass is 10.3. The minimum atomic E-state index is -2.92. The standard InChI is InChI=1S/C6H16N2O2S/c1-8(2)4-6(7)5-11(3,9)10/h6H,4-5,7H2,1-3H3/t6-/m1/s1. The monoisotopic (exact) mass is 180 g/mol. The minimum absolute atomic E-state index is 0.0607. The summed E-state index contributed by atoms with van der Waals surface area (Å²) in [6.45, 7) is 0.604. The molecule has 5 heteroatoms. The summed E-state index contributed by atoms with van der Waals surface area (Å²) < 4.78 is 21.4. The average Bonchev–Trinajstić information content (AvgIpc) is 1.53. The molecule has 0 fully saturated rings. The molecule has 0 aromatic rings. The van der Waals surface area contributed by atoms with Crippen molar-refractivity contribution >= 4 is 9.84 Å². The van der Waals surface area contributed by atoms with Gasteiger partial charge in [-0.3, -0.25) is 0 Å². The molecule has 11 heavy (non-hydrogen) atoms. The van der Waals surface area contributed by atoms with E-state index in [9.17, 15) is 8.42 Å². The van der Waals surface area contributed by atoms with Crippen LogP contribution in [0.1, 0.15) is 0 Å². The summed E-state index contributed by atoms with van der Waals surface area (Å²) in [4.78, 5) is 1.87. The van der Waals surface area contributed by atoms with Crippen molar-refractivity contribution in [3.05, 3.63) is 0 Å². The molecule has 0 radical (unpaired) electrons. The van der Waals surface area contributed by atoms with Gasteiger partial charge in [-0.15, -0.1) is 0 Å². The highest BCUT2D eigenvalue weighted by atomic mass is 32.2. The van der Waals surface area contributed by atoms with Gasteiger partial charge in [0.05, 0.1) is 5.75 Å². The van der Waals surface area contributed by atoms with Gasteiger partial charge in [-0.25, -0.2) is 8.42 Å². The van der Waals surface area contributed by atoms with Gasteiger partial charge in [0.1, 0.15) is 9.84 Å². The predicted molar refractivity (Wildman–Crippen MR) is 46.2 cm³/mol. The van der Waals surface area contributed by atoms with Crippen LogP contribution < -0.4 is 5.73 Å². The van der Waals surface area contributed by atoms with Crippen LogP contribution in [-0.2, 0) is 9.84 Å². The smallest absolute Gasteiger partial charge is 0.149 e. The summed E-state index contributed by atoms with van der Waals surface area (Å²) >= 11 is 0. The summed E-state index contributed by atoms with van der Waals surface area (Å²) in [7, 11) is 0.806. The molecule has 0 spiro atoms. The number of hydrogen-bond donors (Lipinski definition) is 1.